The zero-order valence-corrected chi connectivity index (χ0v) is 21.3. The fraction of sp³-hybridized carbons (Fsp3) is 0.417. The number of carbonyl (C=O) groups excluding carboxylic acids is 2. The molecule has 1 fully saturated rings. The van der Waals surface area contributed by atoms with Gasteiger partial charge in [0.25, 0.3) is 5.91 Å². The number of nitrogens with one attached hydrogen (secondary N) is 1. The lowest BCUT2D eigenvalue weighted by atomic mass is 10.0. The first kappa shape index (κ1) is 29.8. The molecule has 0 spiro atoms. The fourth-order valence-electron chi connectivity index (χ4n) is 4.43. The molecule has 1 aliphatic rings. The summed E-state index contributed by atoms with van der Waals surface area (Å²) in [6, 6.07) is 0.842. The second-order valence-electron chi connectivity index (χ2n) is 9.42. The Bertz CT molecular complexity index is 1490. The molecular formula is C24H22F8N6O3. The van der Waals surface area contributed by atoms with E-state index in [1.807, 2.05) is 0 Å². The minimum atomic E-state index is -4.93. The molecule has 9 nitrogen and oxygen atoms in total. The summed E-state index contributed by atoms with van der Waals surface area (Å²) in [5, 5.41) is 6.03. The van der Waals surface area contributed by atoms with Crippen LogP contribution in [0.3, 0.4) is 0 Å². The van der Waals surface area contributed by atoms with Gasteiger partial charge in [0.1, 0.15) is 29.6 Å². The largest absolute Gasteiger partial charge is 0.496 e. The highest BCUT2D eigenvalue weighted by Gasteiger charge is 2.42. The van der Waals surface area contributed by atoms with E-state index < -0.39 is 101 Å². The number of nitrogen functional groups attached to an aromatic ring is 1. The van der Waals surface area contributed by atoms with Gasteiger partial charge in [-0.15, -0.1) is 0 Å². The summed E-state index contributed by atoms with van der Waals surface area (Å²) in [7, 11) is 1.09. The summed E-state index contributed by atoms with van der Waals surface area (Å²) < 4.78 is 115. The van der Waals surface area contributed by atoms with Crippen molar-refractivity contribution in [1.82, 2.24) is 24.8 Å². The normalized spacial score (nSPS) is 18.5. The first-order chi connectivity index (χ1) is 19.0. The standard InChI is InChI=1S/C24H22F8N6O3/c1-10(23(27,28)29)3-19(39)37-7-15(26)16(8-37)36-22(40)12-4-11(14(25)6-18(12)41-2)17-5-13(24(30,31)32)20-21(33)34-9-35-38(17)20/h4-6,9-10,15-16H,3,7-8H2,1-2H3,(H,36,40)(H2,33,34,35)/t10?,15-,16+/m0/s1. The molecule has 0 radical (unpaired) electrons. The van der Waals surface area contributed by atoms with Gasteiger partial charge in [0, 0.05) is 24.6 Å². The topological polar surface area (TPSA) is 115 Å². The molecule has 1 saturated heterocycles. The Morgan fingerprint density at radius 2 is 1.85 bits per heavy atom. The quantitative estimate of drug-likeness (QED) is 0.417. The molecule has 0 saturated carbocycles. The predicted octanol–water partition coefficient (Wildman–Crippen LogP) is 4.01. The summed E-state index contributed by atoms with van der Waals surface area (Å²) in [5.41, 5.74) is 2.36. The van der Waals surface area contributed by atoms with Crippen molar-refractivity contribution in [3.05, 3.63) is 41.5 Å². The summed E-state index contributed by atoms with van der Waals surface area (Å²) in [6.45, 7) is -0.205. The number of fused-ring (bicyclic) bond motifs is 1. The molecule has 3 N–H and O–H groups in total. The maximum atomic E-state index is 15.1. The molecule has 2 amide bonds. The van der Waals surface area contributed by atoms with Crippen LogP contribution in [0.25, 0.3) is 16.8 Å². The van der Waals surface area contributed by atoms with Gasteiger partial charge in [0.15, 0.2) is 5.82 Å². The van der Waals surface area contributed by atoms with Crippen LogP contribution in [0.4, 0.5) is 40.9 Å². The smallest absolute Gasteiger partial charge is 0.418 e. The van der Waals surface area contributed by atoms with Crippen molar-refractivity contribution in [2.75, 3.05) is 25.9 Å². The number of aromatic nitrogens is 3. The molecule has 3 aromatic rings. The zero-order valence-electron chi connectivity index (χ0n) is 21.3. The van der Waals surface area contributed by atoms with Gasteiger partial charge in [-0.3, -0.25) is 9.59 Å². The zero-order chi connectivity index (χ0) is 30.4. The number of likely N-dealkylation sites (tertiary alicyclic amines) is 1. The number of hydrogen-bond donors (Lipinski definition) is 2. The monoisotopic (exact) mass is 594 g/mol. The molecule has 4 rings (SSSR count). The molecule has 222 valence electrons. The van der Waals surface area contributed by atoms with Gasteiger partial charge in [-0.2, -0.15) is 31.4 Å². The third-order valence-corrected chi connectivity index (χ3v) is 6.66. The molecule has 3 heterocycles. The van der Waals surface area contributed by atoms with Crippen LogP contribution in [0.2, 0.25) is 0 Å². The molecule has 2 aromatic heterocycles. The lowest BCUT2D eigenvalue weighted by Gasteiger charge is -2.20. The van der Waals surface area contributed by atoms with Crippen molar-refractivity contribution in [3.63, 3.8) is 0 Å². The van der Waals surface area contributed by atoms with Gasteiger partial charge in [-0.1, -0.05) is 6.92 Å². The number of ether oxygens (including phenoxy) is 1. The molecule has 1 unspecified atom stereocenters. The van der Waals surface area contributed by atoms with Crippen LogP contribution in [0, 0.1) is 11.7 Å². The van der Waals surface area contributed by atoms with E-state index in [9.17, 15) is 40.3 Å². The van der Waals surface area contributed by atoms with Crippen LogP contribution < -0.4 is 15.8 Å². The molecule has 3 atom stereocenters. The molecular weight excluding hydrogens is 572 g/mol. The number of anilines is 1. The maximum absolute atomic E-state index is 15.1. The van der Waals surface area contributed by atoms with Crippen molar-refractivity contribution < 1.29 is 49.4 Å². The van der Waals surface area contributed by atoms with E-state index in [0.29, 0.717) is 10.6 Å². The number of rotatable bonds is 6. The molecule has 41 heavy (non-hydrogen) atoms. The summed E-state index contributed by atoms with van der Waals surface area (Å²) in [6.07, 6.45) is -11.5. The molecule has 1 aliphatic heterocycles. The van der Waals surface area contributed by atoms with E-state index in [4.69, 9.17) is 10.5 Å². The summed E-state index contributed by atoms with van der Waals surface area (Å²) >= 11 is 0. The van der Waals surface area contributed by atoms with Crippen LogP contribution in [-0.2, 0) is 11.0 Å². The highest BCUT2D eigenvalue weighted by molar-refractivity contribution is 5.98. The minimum absolute atomic E-state index is 0.352. The van der Waals surface area contributed by atoms with Gasteiger partial charge < -0.3 is 20.7 Å². The predicted molar refractivity (Wildman–Crippen MR) is 127 cm³/mol. The van der Waals surface area contributed by atoms with E-state index in [2.05, 4.69) is 15.4 Å². The second kappa shape index (κ2) is 10.7. The molecule has 0 bridgehead atoms. The van der Waals surface area contributed by atoms with Crippen LogP contribution in [0.5, 0.6) is 5.75 Å². The van der Waals surface area contributed by atoms with E-state index >= 15 is 4.39 Å². The van der Waals surface area contributed by atoms with E-state index in [1.54, 1.807) is 0 Å². The van der Waals surface area contributed by atoms with Gasteiger partial charge in [0.05, 0.1) is 42.4 Å². The molecule has 17 heteroatoms. The Balaban J connectivity index is 1.64. The van der Waals surface area contributed by atoms with Crippen LogP contribution >= 0.6 is 0 Å². The average Bonchev–Trinajstić information content (AvgIpc) is 3.45. The number of amides is 2. The van der Waals surface area contributed by atoms with E-state index in [0.717, 1.165) is 37.4 Å². The summed E-state index contributed by atoms with van der Waals surface area (Å²) in [5.74, 6) is -5.95. The van der Waals surface area contributed by atoms with Crippen LogP contribution in [0.1, 0.15) is 29.3 Å². The first-order valence-corrected chi connectivity index (χ1v) is 11.9. The lowest BCUT2D eigenvalue weighted by molar-refractivity contribution is -0.176. The number of carbonyl (C=O) groups is 2. The first-order valence-electron chi connectivity index (χ1n) is 11.9. The Morgan fingerprint density at radius 1 is 1.17 bits per heavy atom. The Morgan fingerprint density at radius 3 is 2.46 bits per heavy atom. The highest BCUT2D eigenvalue weighted by atomic mass is 19.4. The third kappa shape index (κ3) is 5.83. The van der Waals surface area contributed by atoms with Crippen molar-refractivity contribution in [1.29, 1.82) is 0 Å². The number of nitrogens with zero attached hydrogens (tertiary/aromatic N) is 4. The number of hydrogen-bond acceptors (Lipinski definition) is 6. The fourth-order valence-corrected chi connectivity index (χ4v) is 4.43. The Hall–Kier alpha value is -4.18. The summed E-state index contributed by atoms with van der Waals surface area (Å²) in [4.78, 5) is 29.8. The van der Waals surface area contributed by atoms with E-state index in [1.165, 1.54) is 0 Å². The van der Waals surface area contributed by atoms with Crippen molar-refractivity contribution in [3.8, 4) is 17.0 Å². The maximum Gasteiger partial charge on any atom is 0.418 e. The average molecular weight is 594 g/mol. The van der Waals surface area contributed by atoms with E-state index in [-0.39, 0.29) is 5.75 Å². The molecule has 1 aromatic carbocycles. The van der Waals surface area contributed by atoms with Crippen molar-refractivity contribution >= 4 is 23.1 Å². The van der Waals surface area contributed by atoms with Gasteiger partial charge in [-0.05, 0) is 12.1 Å². The number of alkyl halides is 7. The van der Waals surface area contributed by atoms with Gasteiger partial charge >= 0.3 is 12.4 Å². The SMILES string of the molecule is COc1cc(F)c(-c2cc(C(F)(F)F)c3c(N)ncnn23)cc1C(=O)N[C@@H]1CN(C(=O)CC(C)C(F)(F)F)C[C@@H]1F. The number of methoxy groups -OCH3 is 1. The number of nitrogens with two attached hydrogens (primary N) is 1. The van der Waals surface area contributed by atoms with Crippen molar-refractivity contribution in [2.45, 2.75) is 37.9 Å². The lowest BCUT2D eigenvalue weighted by Crippen LogP contribution is -2.42. The van der Waals surface area contributed by atoms with Crippen LogP contribution in [0.15, 0.2) is 24.5 Å². The van der Waals surface area contributed by atoms with Crippen LogP contribution in [-0.4, -0.2) is 69.9 Å². The number of benzene rings is 1. The van der Waals surface area contributed by atoms with Crippen molar-refractivity contribution in [2.24, 2.45) is 5.92 Å². The minimum Gasteiger partial charge on any atom is -0.496 e. The number of halogens is 8. The third-order valence-electron chi connectivity index (χ3n) is 6.66. The van der Waals surface area contributed by atoms with Gasteiger partial charge in [-0.25, -0.2) is 18.3 Å². The molecule has 0 aliphatic carbocycles. The Kier molecular flexibility index (Phi) is 7.75. The van der Waals surface area contributed by atoms with Gasteiger partial charge in [0.2, 0.25) is 5.91 Å². The highest BCUT2D eigenvalue weighted by Crippen LogP contribution is 2.40. The Labute approximate surface area is 226 Å². The second-order valence-corrected chi connectivity index (χ2v) is 9.42.